The van der Waals surface area contributed by atoms with Crippen LogP contribution < -0.4 is 5.32 Å². The topological polar surface area (TPSA) is 75.2 Å². The number of likely N-dealkylation sites (tertiary alicyclic amines) is 1. The summed E-state index contributed by atoms with van der Waals surface area (Å²) in [6.45, 7) is 0.511. The highest BCUT2D eigenvalue weighted by Crippen LogP contribution is 2.49. The van der Waals surface area contributed by atoms with Gasteiger partial charge in [-0.05, 0) is 36.5 Å². The molecule has 6 nitrogen and oxygen atoms in total. The van der Waals surface area contributed by atoms with Crippen LogP contribution in [0.3, 0.4) is 0 Å². The van der Waals surface area contributed by atoms with Crippen molar-refractivity contribution in [3.63, 3.8) is 0 Å². The van der Waals surface area contributed by atoms with E-state index in [0.717, 1.165) is 17.7 Å². The van der Waals surface area contributed by atoms with E-state index in [-0.39, 0.29) is 17.9 Å². The van der Waals surface area contributed by atoms with Crippen molar-refractivity contribution in [3.8, 4) is 0 Å². The molecule has 30 heavy (non-hydrogen) atoms. The average molecular weight is 398 g/mol. The fourth-order valence-corrected chi connectivity index (χ4v) is 4.95. The van der Waals surface area contributed by atoms with Gasteiger partial charge in [0, 0.05) is 24.6 Å². The van der Waals surface area contributed by atoms with Gasteiger partial charge in [-0.2, -0.15) is 0 Å². The van der Waals surface area contributed by atoms with E-state index in [0.29, 0.717) is 25.1 Å². The number of hydrogen-bond donors (Lipinski definition) is 1. The number of fused-ring (bicyclic) bond motifs is 2. The number of carbonyl (C=O) groups is 2. The maximum Gasteiger partial charge on any atom is 0.274 e. The number of nitrogens with zero attached hydrogens (tertiary/aromatic N) is 3. The van der Waals surface area contributed by atoms with Crippen LogP contribution in [0.15, 0.2) is 73.2 Å². The molecule has 2 aliphatic rings. The second-order valence-electron chi connectivity index (χ2n) is 7.85. The van der Waals surface area contributed by atoms with Crippen molar-refractivity contribution in [1.82, 2.24) is 14.9 Å². The van der Waals surface area contributed by atoms with E-state index in [2.05, 4.69) is 27.4 Å². The van der Waals surface area contributed by atoms with Gasteiger partial charge in [0.05, 0.1) is 17.7 Å². The summed E-state index contributed by atoms with van der Waals surface area (Å²) in [7, 11) is 0. The fourth-order valence-electron chi connectivity index (χ4n) is 4.95. The Labute approximate surface area is 175 Å². The van der Waals surface area contributed by atoms with Crippen LogP contribution in [0, 0.1) is 0 Å². The van der Waals surface area contributed by atoms with Gasteiger partial charge in [0.2, 0.25) is 5.91 Å². The molecule has 0 bridgehead atoms. The van der Waals surface area contributed by atoms with Gasteiger partial charge >= 0.3 is 0 Å². The quantitative estimate of drug-likeness (QED) is 0.732. The number of benzene rings is 2. The molecule has 0 saturated carbocycles. The van der Waals surface area contributed by atoms with Crippen LogP contribution in [0.1, 0.15) is 34.5 Å². The second kappa shape index (κ2) is 7.37. The summed E-state index contributed by atoms with van der Waals surface area (Å²) in [6, 6.07) is 17.8. The third kappa shape index (κ3) is 2.87. The molecule has 150 valence electrons. The first-order valence-corrected chi connectivity index (χ1v) is 10.2. The first kappa shape index (κ1) is 18.5. The lowest BCUT2D eigenvalue weighted by Gasteiger charge is -2.34. The minimum absolute atomic E-state index is 0.0174. The summed E-state index contributed by atoms with van der Waals surface area (Å²) >= 11 is 0. The minimum atomic E-state index is -0.733. The number of para-hydroxylation sites is 1. The van der Waals surface area contributed by atoms with Crippen molar-refractivity contribution in [2.75, 3.05) is 11.9 Å². The molecule has 1 spiro atoms. The molecule has 1 N–H and O–H groups in total. The number of aryl methyl sites for hydroxylation is 1. The van der Waals surface area contributed by atoms with Gasteiger partial charge in [0.1, 0.15) is 5.69 Å². The second-order valence-corrected chi connectivity index (χ2v) is 7.85. The summed E-state index contributed by atoms with van der Waals surface area (Å²) in [4.78, 5) is 36.7. The standard InChI is InChI=1S/C24H22N4O2/c29-22(20-16-25-13-14-26-20)28-15-12-24(18-8-4-5-9-19(18)27-23(24)30)21(28)11-10-17-6-2-1-3-7-17/h1-9,13-14,16,21H,10-12,15H2,(H,27,30)/t21-,24+/m0/s1. The van der Waals surface area contributed by atoms with Crippen molar-refractivity contribution in [3.05, 3.63) is 90.0 Å². The first-order chi connectivity index (χ1) is 14.7. The summed E-state index contributed by atoms with van der Waals surface area (Å²) in [6.07, 6.45) is 6.64. The summed E-state index contributed by atoms with van der Waals surface area (Å²) in [5.41, 5.74) is 2.61. The molecule has 0 radical (unpaired) electrons. The molecule has 1 fully saturated rings. The molecule has 1 aromatic heterocycles. The Morgan fingerprint density at radius 1 is 1.10 bits per heavy atom. The van der Waals surface area contributed by atoms with Crippen LogP contribution in [0.4, 0.5) is 5.69 Å². The highest BCUT2D eigenvalue weighted by molar-refractivity contribution is 6.08. The van der Waals surface area contributed by atoms with E-state index in [1.165, 1.54) is 18.0 Å². The zero-order valence-corrected chi connectivity index (χ0v) is 16.5. The van der Waals surface area contributed by atoms with Gasteiger partial charge in [-0.25, -0.2) is 4.98 Å². The van der Waals surface area contributed by atoms with E-state index < -0.39 is 5.41 Å². The number of nitrogens with one attached hydrogen (secondary N) is 1. The van der Waals surface area contributed by atoms with Crippen molar-refractivity contribution < 1.29 is 9.59 Å². The van der Waals surface area contributed by atoms with Crippen LogP contribution >= 0.6 is 0 Å². The van der Waals surface area contributed by atoms with Crippen molar-refractivity contribution in [2.24, 2.45) is 0 Å². The molecule has 2 aromatic carbocycles. The Morgan fingerprint density at radius 3 is 2.70 bits per heavy atom. The Morgan fingerprint density at radius 2 is 1.90 bits per heavy atom. The molecular weight excluding hydrogens is 376 g/mol. The van der Waals surface area contributed by atoms with E-state index in [1.807, 2.05) is 47.4 Å². The number of amides is 2. The van der Waals surface area contributed by atoms with Crippen LogP contribution in [-0.4, -0.2) is 39.3 Å². The van der Waals surface area contributed by atoms with Gasteiger partial charge in [-0.1, -0.05) is 48.5 Å². The number of hydrogen-bond acceptors (Lipinski definition) is 4. The largest absolute Gasteiger partial charge is 0.333 e. The molecule has 2 atom stereocenters. The monoisotopic (exact) mass is 398 g/mol. The molecular formula is C24H22N4O2. The summed E-state index contributed by atoms with van der Waals surface area (Å²) in [5, 5.41) is 3.05. The first-order valence-electron chi connectivity index (χ1n) is 10.2. The molecule has 2 amide bonds. The predicted molar refractivity (Wildman–Crippen MR) is 113 cm³/mol. The summed E-state index contributed by atoms with van der Waals surface area (Å²) < 4.78 is 0. The average Bonchev–Trinajstić information content (AvgIpc) is 3.32. The minimum Gasteiger partial charge on any atom is -0.333 e. The number of rotatable bonds is 4. The lowest BCUT2D eigenvalue weighted by molar-refractivity contribution is -0.121. The lowest BCUT2D eigenvalue weighted by atomic mass is 9.73. The van der Waals surface area contributed by atoms with E-state index in [1.54, 1.807) is 6.20 Å². The van der Waals surface area contributed by atoms with Crippen molar-refractivity contribution in [1.29, 1.82) is 0 Å². The fraction of sp³-hybridized carbons (Fsp3) is 0.250. The van der Waals surface area contributed by atoms with Crippen molar-refractivity contribution in [2.45, 2.75) is 30.7 Å². The maximum atomic E-state index is 13.3. The van der Waals surface area contributed by atoms with Crippen LogP contribution in [0.5, 0.6) is 0 Å². The molecule has 1 saturated heterocycles. The Hall–Kier alpha value is -3.54. The van der Waals surface area contributed by atoms with Gasteiger partial charge in [-0.15, -0.1) is 0 Å². The van der Waals surface area contributed by atoms with Gasteiger partial charge in [0.25, 0.3) is 5.91 Å². The SMILES string of the molecule is O=C(c1cnccn1)N1CC[C@]2(C(=O)Nc3ccccc32)[C@@H]1CCc1ccccc1. The van der Waals surface area contributed by atoms with E-state index in [4.69, 9.17) is 0 Å². The molecule has 0 unspecified atom stereocenters. The maximum absolute atomic E-state index is 13.3. The van der Waals surface area contributed by atoms with Crippen molar-refractivity contribution >= 4 is 17.5 Å². The van der Waals surface area contributed by atoms with E-state index in [9.17, 15) is 9.59 Å². The lowest BCUT2D eigenvalue weighted by Crippen LogP contribution is -2.49. The Bertz CT molecular complexity index is 1090. The highest BCUT2D eigenvalue weighted by atomic mass is 16.2. The Balaban J connectivity index is 1.54. The number of aromatic nitrogens is 2. The van der Waals surface area contributed by atoms with Gasteiger partial charge in [-0.3, -0.25) is 14.6 Å². The van der Waals surface area contributed by atoms with E-state index >= 15 is 0 Å². The molecule has 2 aliphatic heterocycles. The molecule has 5 rings (SSSR count). The predicted octanol–water partition coefficient (Wildman–Crippen LogP) is 3.21. The van der Waals surface area contributed by atoms with Crippen LogP contribution in [0.2, 0.25) is 0 Å². The zero-order valence-electron chi connectivity index (χ0n) is 16.5. The Kier molecular flexibility index (Phi) is 4.54. The number of carbonyl (C=O) groups excluding carboxylic acids is 2. The smallest absolute Gasteiger partial charge is 0.274 e. The third-order valence-corrected chi connectivity index (χ3v) is 6.35. The normalized spacial score (nSPS) is 22.2. The highest BCUT2D eigenvalue weighted by Gasteiger charge is 2.58. The third-order valence-electron chi connectivity index (χ3n) is 6.35. The molecule has 0 aliphatic carbocycles. The van der Waals surface area contributed by atoms with Crippen LogP contribution in [-0.2, 0) is 16.6 Å². The van der Waals surface area contributed by atoms with Crippen LogP contribution in [0.25, 0.3) is 0 Å². The molecule has 3 aromatic rings. The van der Waals surface area contributed by atoms with Gasteiger partial charge < -0.3 is 10.2 Å². The molecule has 3 heterocycles. The van der Waals surface area contributed by atoms with Gasteiger partial charge in [0.15, 0.2) is 0 Å². The number of anilines is 1. The summed E-state index contributed by atoms with van der Waals surface area (Å²) in [5.74, 6) is -0.188. The zero-order chi connectivity index (χ0) is 20.6. The molecule has 6 heteroatoms.